The van der Waals surface area contributed by atoms with Crippen LogP contribution in [0.3, 0.4) is 0 Å². The molecule has 0 radical (unpaired) electrons. The van der Waals surface area contributed by atoms with Gasteiger partial charge >= 0.3 is 0 Å². The molecular formula is C14H14N6OS2. The molecule has 0 aliphatic rings. The van der Waals surface area contributed by atoms with E-state index in [-0.39, 0.29) is 5.91 Å². The highest BCUT2D eigenvalue weighted by atomic mass is 32.2. The summed E-state index contributed by atoms with van der Waals surface area (Å²) in [5, 5.41) is 17.5. The number of rotatable bonds is 5. The third kappa shape index (κ3) is 3.57. The summed E-state index contributed by atoms with van der Waals surface area (Å²) < 4.78 is 0.857. The fraction of sp³-hybridized carbons (Fsp3) is 0.214. The van der Waals surface area contributed by atoms with Crippen molar-refractivity contribution in [3.63, 3.8) is 0 Å². The molecule has 2 aromatic heterocycles. The number of hydrogen-bond donors (Lipinski definition) is 1. The Morgan fingerprint density at radius 1 is 1.30 bits per heavy atom. The molecule has 0 aliphatic carbocycles. The van der Waals surface area contributed by atoms with Gasteiger partial charge in [-0.3, -0.25) is 4.79 Å². The Kier molecular flexibility index (Phi) is 4.39. The number of thiazole rings is 1. The van der Waals surface area contributed by atoms with Gasteiger partial charge in [0, 0.05) is 11.6 Å². The van der Waals surface area contributed by atoms with Crippen LogP contribution in [0.25, 0.3) is 5.69 Å². The molecule has 0 spiro atoms. The average molecular weight is 346 g/mol. The normalized spacial score (nSPS) is 11.4. The second-order valence-electron chi connectivity index (χ2n) is 5.11. The summed E-state index contributed by atoms with van der Waals surface area (Å²) in [6.45, 7) is 3.65. The number of amides is 1. The molecule has 0 bridgehead atoms. The van der Waals surface area contributed by atoms with E-state index in [0.717, 1.165) is 5.69 Å². The quantitative estimate of drug-likeness (QED) is 0.715. The van der Waals surface area contributed by atoms with E-state index >= 15 is 0 Å². The maximum Gasteiger partial charge on any atom is 0.242 e. The second kappa shape index (κ2) is 6.47. The molecule has 7 nitrogen and oxygen atoms in total. The summed E-state index contributed by atoms with van der Waals surface area (Å²) >= 11 is 2.67. The number of thioether (sulfide) groups is 1. The van der Waals surface area contributed by atoms with Crippen molar-refractivity contribution in [2.75, 3.05) is 5.32 Å². The van der Waals surface area contributed by atoms with Gasteiger partial charge in [-0.1, -0.05) is 30.0 Å². The molecule has 1 N–H and O–H groups in total. The summed E-state index contributed by atoms with van der Waals surface area (Å²) in [7, 11) is 0. The predicted octanol–water partition coefficient (Wildman–Crippen LogP) is 2.63. The van der Waals surface area contributed by atoms with Crippen molar-refractivity contribution < 1.29 is 4.79 Å². The van der Waals surface area contributed by atoms with Crippen molar-refractivity contribution in [3.8, 4) is 5.69 Å². The fourth-order valence-electron chi connectivity index (χ4n) is 1.78. The molecule has 118 valence electrons. The number of carbonyl (C=O) groups is 1. The Morgan fingerprint density at radius 2 is 2.09 bits per heavy atom. The van der Waals surface area contributed by atoms with Gasteiger partial charge in [0.15, 0.2) is 5.13 Å². The van der Waals surface area contributed by atoms with E-state index in [1.165, 1.54) is 23.1 Å². The minimum Gasteiger partial charge on any atom is -0.301 e. The van der Waals surface area contributed by atoms with Crippen LogP contribution in [0, 0.1) is 0 Å². The van der Waals surface area contributed by atoms with Crippen molar-refractivity contribution in [2.24, 2.45) is 0 Å². The molecule has 0 saturated carbocycles. The molecule has 0 aliphatic heterocycles. The van der Waals surface area contributed by atoms with Gasteiger partial charge < -0.3 is 5.32 Å². The molecule has 1 aromatic carbocycles. The lowest BCUT2D eigenvalue weighted by Crippen LogP contribution is -2.34. The minimum atomic E-state index is -0.757. The van der Waals surface area contributed by atoms with Gasteiger partial charge in [0.2, 0.25) is 11.1 Å². The van der Waals surface area contributed by atoms with Crippen molar-refractivity contribution in [1.82, 2.24) is 25.2 Å². The monoisotopic (exact) mass is 346 g/mol. The topological polar surface area (TPSA) is 85.6 Å². The Bertz CT molecular complexity index is 785. The highest BCUT2D eigenvalue weighted by Gasteiger charge is 2.32. The van der Waals surface area contributed by atoms with Gasteiger partial charge in [-0.05, 0) is 36.4 Å². The largest absolute Gasteiger partial charge is 0.301 e. The number of nitrogens with one attached hydrogen (secondary N) is 1. The molecule has 1 amide bonds. The third-order valence-corrected chi connectivity index (χ3v) is 4.81. The van der Waals surface area contributed by atoms with E-state index in [1.807, 2.05) is 49.6 Å². The van der Waals surface area contributed by atoms with Gasteiger partial charge in [-0.2, -0.15) is 4.68 Å². The zero-order chi connectivity index (χ0) is 16.3. The summed E-state index contributed by atoms with van der Waals surface area (Å²) in [5.41, 5.74) is 0.844. The number of nitrogens with zero attached hydrogens (tertiary/aromatic N) is 5. The highest BCUT2D eigenvalue weighted by Crippen LogP contribution is 2.33. The van der Waals surface area contributed by atoms with Crippen LogP contribution in [0.15, 0.2) is 47.1 Å². The van der Waals surface area contributed by atoms with E-state index in [2.05, 4.69) is 25.8 Å². The molecule has 3 aromatic rings. The number of benzene rings is 1. The van der Waals surface area contributed by atoms with E-state index in [9.17, 15) is 4.79 Å². The molecule has 0 fully saturated rings. The standard InChI is InChI=1S/C14H14N6OS2/c1-14(2,11(21)16-12-15-8-9-22-12)23-13-17-18-19-20(13)10-6-4-3-5-7-10/h3-9H,1-2H3,(H,15,16,21). The number of para-hydroxylation sites is 1. The van der Waals surface area contributed by atoms with E-state index < -0.39 is 4.75 Å². The van der Waals surface area contributed by atoms with Crippen LogP contribution in [0.4, 0.5) is 5.13 Å². The van der Waals surface area contributed by atoms with Gasteiger partial charge in [0.25, 0.3) is 0 Å². The summed E-state index contributed by atoms with van der Waals surface area (Å²) in [6, 6.07) is 9.55. The van der Waals surface area contributed by atoms with Crippen molar-refractivity contribution in [1.29, 1.82) is 0 Å². The lowest BCUT2D eigenvalue weighted by Gasteiger charge is -2.21. The SMILES string of the molecule is CC(C)(Sc1nnnn1-c1ccccc1)C(=O)Nc1nccs1. The van der Waals surface area contributed by atoms with E-state index in [4.69, 9.17) is 0 Å². The molecule has 0 unspecified atom stereocenters. The van der Waals surface area contributed by atoms with Gasteiger partial charge in [0.1, 0.15) is 0 Å². The Balaban J connectivity index is 1.78. The smallest absolute Gasteiger partial charge is 0.242 e. The van der Waals surface area contributed by atoms with Crippen LogP contribution in [0.2, 0.25) is 0 Å². The van der Waals surface area contributed by atoms with Gasteiger partial charge in [-0.15, -0.1) is 16.4 Å². The highest BCUT2D eigenvalue weighted by molar-refractivity contribution is 8.01. The molecule has 9 heteroatoms. The number of tetrazole rings is 1. The molecule has 3 rings (SSSR count). The summed E-state index contributed by atoms with van der Waals surface area (Å²) in [4.78, 5) is 16.5. The van der Waals surface area contributed by atoms with Crippen molar-refractivity contribution in [2.45, 2.75) is 23.8 Å². The lowest BCUT2D eigenvalue weighted by atomic mass is 10.2. The van der Waals surface area contributed by atoms with E-state index in [0.29, 0.717) is 10.3 Å². The minimum absolute atomic E-state index is 0.153. The number of aromatic nitrogens is 5. The second-order valence-corrected chi connectivity index (χ2v) is 7.60. The molecule has 0 atom stereocenters. The Labute approximate surface area is 141 Å². The average Bonchev–Trinajstić information content (AvgIpc) is 3.19. The molecule has 0 saturated heterocycles. The van der Waals surface area contributed by atoms with Gasteiger partial charge in [0.05, 0.1) is 10.4 Å². The third-order valence-electron chi connectivity index (χ3n) is 2.99. The van der Waals surface area contributed by atoms with Crippen molar-refractivity contribution >= 4 is 34.1 Å². The first kappa shape index (κ1) is 15.6. The zero-order valence-corrected chi connectivity index (χ0v) is 14.1. The molecular weight excluding hydrogens is 332 g/mol. The van der Waals surface area contributed by atoms with Crippen LogP contribution >= 0.6 is 23.1 Å². The Morgan fingerprint density at radius 3 is 2.78 bits per heavy atom. The van der Waals surface area contributed by atoms with Crippen LogP contribution in [0.5, 0.6) is 0 Å². The van der Waals surface area contributed by atoms with Crippen LogP contribution in [-0.4, -0.2) is 35.8 Å². The first-order valence-corrected chi connectivity index (χ1v) is 8.49. The maximum absolute atomic E-state index is 12.5. The summed E-state index contributed by atoms with van der Waals surface area (Å²) in [6.07, 6.45) is 1.65. The fourth-order valence-corrected chi connectivity index (χ4v) is 3.21. The number of hydrogen-bond acceptors (Lipinski definition) is 7. The molecule has 2 heterocycles. The van der Waals surface area contributed by atoms with Crippen LogP contribution < -0.4 is 5.32 Å². The van der Waals surface area contributed by atoms with Gasteiger partial charge in [-0.25, -0.2) is 4.98 Å². The number of carbonyl (C=O) groups excluding carboxylic acids is 1. The van der Waals surface area contributed by atoms with Crippen LogP contribution in [0.1, 0.15) is 13.8 Å². The molecule has 23 heavy (non-hydrogen) atoms. The summed E-state index contributed by atoms with van der Waals surface area (Å²) in [5.74, 6) is -0.153. The lowest BCUT2D eigenvalue weighted by molar-refractivity contribution is -0.117. The Hall–Kier alpha value is -2.26. The van der Waals surface area contributed by atoms with E-state index in [1.54, 1.807) is 10.9 Å². The van der Waals surface area contributed by atoms with Crippen molar-refractivity contribution in [3.05, 3.63) is 41.9 Å². The van der Waals surface area contributed by atoms with Crippen LogP contribution in [-0.2, 0) is 4.79 Å². The first-order valence-electron chi connectivity index (χ1n) is 6.80. The number of anilines is 1. The maximum atomic E-state index is 12.5. The zero-order valence-electron chi connectivity index (χ0n) is 12.5. The first-order chi connectivity index (χ1) is 11.1. The predicted molar refractivity (Wildman–Crippen MR) is 89.8 cm³/mol.